The van der Waals surface area contributed by atoms with Crippen molar-refractivity contribution in [2.24, 2.45) is 5.14 Å². The summed E-state index contributed by atoms with van der Waals surface area (Å²) in [6.07, 6.45) is 2.38. The van der Waals surface area contributed by atoms with Gasteiger partial charge in [-0.2, -0.15) is 0 Å². The van der Waals surface area contributed by atoms with Crippen LogP contribution in [0.2, 0.25) is 0 Å². The molecule has 0 spiro atoms. The Balaban J connectivity index is 2.12. The zero-order chi connectivity index (χ0) is 11.3. The molecule has 1 heterocycles. The summed E-state index contributed by atoms with van der Waals surface area (Å²) in [6, 6.07) is 0. The average molecular weight is 252 g/mol. The second kappa shape index (κ2) is 5.72. The van der Waals surface area contributed by atoms with Gasteiger partial charge in [0, 0.05) is 6.54 Å². The van der Waals surface area contributed by atoms with Crippen LogP contribution in [0.15, 0.2) is 0 Å². The number of primary sulfonamides is 1. The molecule has 3 N–H and O–H groups in total. The standard InChI is InChI=1S/C8H16N2O3S2/c9-15(12,13)6-2-4-10-8(11)7-3-1-5-14-7/h7H,1-6H2,(H,10,11)(H2,9,12,13). The molecule has 1 fully saturated rings. The van der Waals surface area contributed by atoms with Gasteiger partial charge in [-0.15, -0.1) is 11.8 Å². The van der Waals surface area contributed by atoms with E-state index in [9.17, 15) is 13.2 Å². The van der Waals surface area contributed by atoms with Crippen LogP contribution in [-0.4, -0.2) is 37.6 Å². The molecular weight excluding hydrogens is 236 g/mol. The topological polar surface area (TPSA) is 89.3 Å². The molecule has 15 heavy (non-hydrogen) atoms. The monoisotopic (exact) mass is 252 g/mol. The van der Waals surface area contributed by atoms with Crippen molar-refractivity contribution >= 4 is 27.7 Å². The molecule has 0 bridgehead atoms. The molecule has 0 radical (unpaired) electrons. The minimum Gasteiger partial charge on any atom is -0.355 e. The lowest BCUT2D eigenvalue weighted by atomic mass is 10.2. The fraction of sp³-hybridized carbons (Fsp3) is 0.875. The maximum atomic E-state index is 11.5. The SMILES string of the molecule is NS(=O)(=O)CCCNC(=O)C1CCCS1. The van der Waals surface area contributed by atoms with Crippen LogP contribution in [0.4, 0.5) is 0 Å². The largest absolute Gasteiger partial charge is 0.355 e. The zero-order valence-corrected chi connectivity index (χ0v) is 10.1. The van der Waals surface area contributed by atoms with Crippen molar-refractivity contribution in [3.8, 4) is 0 Å². The van der Waals surface area contributed by atoms with Crippen LogP contribution in [0, 0.1) is 0 Å². The van der Waals surface area contributed by atoms with E-state index in [0.29, 0.717) is 13.0 Å². The Bertz CT molecular complexity index is 310. The van der Waals surface area contributed by atoms with Gasteiger partial charge in [0.1, 0.15) is 0 Å². The molecule has 1 atom stereocenters. The third-order valence-corrected chi connectivity index (χ3v) is 4.36. The molecule has 1 aliphatic rings. The van der Waals surface area contributed by atoms with E-state index in [4.69, 9.17) is 5.14 Å². The summed E-state index contributed by atoms with van der Waals surface area (Å²) in [5.74, 6) is 0.979. The second-order valence-corrected chi connectivity index (χ2v) is 6.56. The fourth-order valence-corrected chi connectivity index (χ4v) is 3.12. The predicted octanol–water partition coefficient (Wildman–Crippen LogP) is -0.323. The van der Waals surface area contributed by atoms with Crippen molar-refractivity contribution in [3.05, 3.63) is 0 Å². The van der Waals surface area contributed by atoms with E-state index >= 15 is 0 Å². The normalized spacial score (nSPS) is 21.5. The van der Waals surface area contributed by atoms with Gasteiger partial charge >= 0.3 is 0 Å². The number of hydrogen-bond acceptors (Lipinski definition) is 4. The van der Waals surface area contributed by atoms with Crippen molar-refractivity contribution in [1.29, 1.82) is 0 Å². The Kier molecular flexibility index (Phi) is 4.88. The highest BCUT2D eigenvalue weighted by Gasteiger charge is 2.22. The summed E-state index contributed by atoms with van der Waals surface area (Å²) in [5.41, 5.74) is 0. The summed E-state index contributed by atoms with van der Waals surface area (Å²) in [6.45, 7) is 0.381. The van der Waals surface area contributed by atoms with Crippen LogP contribution in [0.25, 0.3) is 0 Å². The van der Waals surface area contributed by atoms with Gasteiger partial charge in [0.25, 0.3) is 0 Å². The van der Waals surface area contributed by atoms with E-state index in [1.165, 1.54) is 0 Å². The smallest absolute Gasteiger partial charge is 0.233 e. The first kappa shape index (κ1) is 12.8. The van der Waals surface area contributed by atoms with Crippen molar-refractivity contribution in [1.82, 2.24) is 5.32 Å². The summed E-state index contributed by atoms with van der Waals surface area (Å²) >= 11 is 1.66. The molecule has 1 rings (SSSR count). The zero-order valence-electron chi connectivity index (χ0n) is 8.44. The number of sulfonamides is 1. The number of thioether (sulfide) groups is 1. The molecule has 7 heteroatoms. The van der Waals surface area contributed by atoms with E-state index in [0.717, 1.165) is 18.6 Å². The van der Waals surface area contributed by atoms with E-state index in [2.05, 4.69) is 5.32 Å². The molecule has 1 unspecified atom stereocenters. The molecular formula is C8H16N2O3S2. The number of carbonyl (C=O) groups is 1. The van der Waals surface area contributed by atoms with E-state index < -0.39 is 10.0 Å². The van der Waals surface area contributed by atoms with Gasteiger partial charge in [0.15, 0.2) is 0 Å². The van der Waals surface area contributed by atoms with Crippen molar-refractivity contribution in [3.63, 3.8) is 0 Å². The molecule has 0 aromatic heterocycles. The second-order valence-electron chi connectivity index (χ2n) is 3.51. The van der Waals surface area contributed by atoms with Crippen molar-refractivity contribution in [2.75, 3.05) is 18.1 Å². The van der Waals surface area contributed by atoms with Gasteiger partial charge in [-0.25, -0.2) is 13.6 Å². The third-order valence-electron chi connectivity index (χ3n) is 2.13. The average Bonchev–Trinajstić information content (AvgIpc) is 2.63. The van der Waals surface area contributed by atoms with E-state index in [1.807, 2.05) is 0 Å². The highest BCUT2D eigenvalue weighted by Crippen LogP contribution is 2.25. The van der Waals surface area contributed by atoms with Crippen molar-refractivity contribution < 1.29 is 13.2 Å². The lowest BCUT2D eigenvalue weighted by Crippen LogP contribution is -2.33. The lowest BCUT2D eigenvalue weighted by molar-refractivity contribution is -0.120. The Morgan fingerprint density at radius 1 is 1.53 bits per heavy atom. The number of amides is 1. The van der Waals surface area contributed by atoms with Crippen LogP contribution < -0.4 is 10.5 Å². The van der Waals surface area contributed by atoms with Gasteiger partial charge < -0.3 is 5.32 Å². The van der Waals surface area contributed by atoms with Gasteiger partial charge in [-0.3, -0.25) is 4.79 Å². The fourth-order valence-electron chi connectivity index (χ4n) is 1.38. The van der Waals surface area contributed by atoms with Crippen LogP contribution in [-0.2, 0) is 14.8 Å². The van der Waals surface area contributed by atoms with Crippen LogP contribution in [0.5, 0.6) is 0 Å². The molecule has 0 saturated carbocycles. The summed E-state index contributed by atoms with van der Waals surface area (Å²) in [5, 5.41) is 7.60. The maximum Gasteiger partial charge on any atom is 0.233 e. The Morgan fingerprint density at radius 3 is 2.80 bits per heavy atom. The van der Waals surface area contributed by atoms with Gasteiger partial charge in [0.05, 0.1) is 11.0 Å². The van der Waals surface area contributed by atoms with Crippen molar-refractivity contribution in [2.45, 2.75) is 24.5 Å². The molecule has 0 aromatic rings. The first-order valence-electron chi connectivity index (χ1n) is 4.89. The molecule has 88 valence electrons. The Labute approximate surface area is 94.2 Å². The molecule has 1 amide bonds. The van der Waals surface area contributed by atoms with Gasteiger partial charge in [-0.1, -0.05) is 0 Å². The highest BCUT2D eigenvalue weighted by atomic mass is 32.2. The molecule has 1 saturated heterocycles. The number of nitrogens with one attached hydrogen (secondary N) is 1. The number of hydrogen-bond donors (Lipinski definition) is 2. The van der Waals surface area contributed by atoms with E-state index in [-0.39, 0.29) is 16.9 Å². The predicted molar refractivity (Wildman–Crippen MR) is 61.1 cm³/mol. The van der Waals surface area contributed by atoms with Crippen LogP contribution in [0.3, 0.4) is 0 Å². The summed E-state index contributed by atoms with van der Waals surface area (Å²) in [4.78, 5) is 11.5. The van der Waals surface area contributed by atoms with Gasteiger partial charge in [0.2, 0.25) is 15.9 Å². The first-order chi connectivity index (χ1) is 6.99. The van der Waals surface area contributed by atoms with E-state index in [1.54, 1.807) is 11.8 Å². The molecule has 0 aliphatic carbocycles. The molecule has 0 aromatic carbocycles. The number of rotatable bonds is 5. The number of carbonyl (C=O) groups excluding carboxylic acids is 1. The Hall–Kier alpha value is -0.270. The van der Waals surface area contributed by atoms with Gasteiger partial charge in [-0.05, 0) is 25.0 Å². The Morgan fingerprint density at radius 2 is 2.27 bits per heavy atom. The number of nitrogens with two attached hydrogens (primary N) is 1. The summed E-state index contributed by atoms with van der Waals surface area (Å²) < 4.78 is 21.2. The quantitative estimate of drug-likeness (QED) is 0.656. The third kappa shape index (κ3) is 5.39. The van der Waals surface area contributed by atoms with Crippen LogP contribution in [0.1, 0.15) is 19.3 Å². The highest BCUT2D eigenvalue weighted by molar-refractivity contribution is 8.00. The maximum absolute atomic E-state index is 11.5. The minimum atomic E-state index is -3.40. The first-order valence-corrected chi connectivity index (χ1v) is 7.65. The summed E-state index contributed by atoms with van der Waals surface area (Å²) in [7, 11) is -3.40. The molecule has 5 nitrogen and oxygen atoms in total. The minimum absolute atomic E-state index is 0.0203. The lowest BCUT2D eigenvalue weighted by Gasteiger charge is -2.09. The molecule has 1 aliphatic heterocycles. The van der Waals surface area contributed by atoms with Crippen LogP contribution >= 0.6 is 11.8 Å².